The van der Waals surface area contributed by atoms with E-state index in [0.717, 1.165) is 19.4 Å². The molecule has 3 N–H and O–H groups in total. The lowest BCUT2D eigenvalue weighted by atomic mass is 10.0. The topological polar surface area (TPSA) is 70.1 Å². The fraction of sp³-hybridized carbons (Fsp3) is 0.636. The van der Waals surface area contributed by atoms with Crippen molar-refractivity contribution in [1.82, 2.24) is 9.97 Å². The van der Waals surface area contributed by atoms with Crippen molar-refractivity contribution in [3.63, 3.8) is 0 Å². The van der Waals surface area contributed by atoms with E-state index in [1.807, 2.05) is 0 Å². The Labute approximate surface area is 107 Å². The summed E-state index contributed by atoms with van der Waals surface area (Å²) in [6.45, 7) is 3.05. The molecular formula is C11H19ClN4O. The summed E-state index contributed by atoms with van der Waals surface area (Å²) in [5, 5.41) is 15.5. The molecule has 1 aromatic heterocycles. The van der Waals surface area contributed by atoms with Gasteiger partial charge in [0.25, 0.3) is 0 Å². The third kappa shape index (κ3) is 4.36. The van der Waals surface area contributed by atoms with Crippen LogP contribution in [0.25, 0.3) is 0 Å². The molecule has 17 heavy (non-hydrogen) atoms. The van der Waals surface area contributed by atoms with Crippen molar-refractivity contribution < 1.29 is 5.11 Å². The van der Waals surface area contributed by atoms with Gasteiger partial charge in [0.2, 0.25) is 5.95 Å². The van der Waals surface area contributed by atoms with Crippen LogP contribution in [0.4, 0.5) is 11.8 Å². The number of nitrogens with one attached hydrogen (secondary N) is 2. The molecule has 0 bridgehead atoms. The summed E-state index contributed by atoms with van der Waals surface area (Å²) in [6, 6.07) is 0. The van der Waals surface area contributed by atoms with Gasteiger partial charge in [-0.3, -0.25) is 0 Å². The number of aromatic nitrogens is 2. The molecule has 1 rings (SSSR count). The molecule has 1 atom stereocenters. The maximum absolute atomic E-state index is 8.91. The number of aliphatic hydroxyl groups excluding tert-OH is 1. The highest BCUT2D eigenvalue weighted by Crippen LogP contribution is 2.20. The number of hydrogen-bond acceptors (Lipinski definition) is 5. The van der Waals surface area contributed by atoms with E-state index in [4.69, 9.17) is 16.7 Å². The van der Waals surface area contributed by atoms with Gasteiger partial charge in [0, 0.05) is 20.2 Å². The van der Waals surface area contributed by atoms with Crippen LogP contribution >= 0.6 is 11.6 Å². The number of anilines is 2. The fourth-order valence-corrected chi connectivity index (χ4v) is 1.64. The van der Waals surface area contributed by atoms with Crippen LogP contribution in [-0.4, -0.2) is 35.3 Å². The minimum absolute atomic E-state index is 0.208. The zero-order valence-electron chi connectivity index (χ0n) is 10.2. The molecule has 0 aliphatic carbocycles. The third-order valence-corrected chi connectivity index (χ3v) is 2.92. The van der Waals surface area contributed by atoms with Gasteiger partial charge in [-0.15, -0.1) is 0 Å². The van der Waals surface area contributed by atoms with Crippen LogP contribution < -0.4 is 10.6 Å². The Morgan fingerprint density at radius 3 is 2.88 bits per heavy atom. The molecule has 0 aliphatic heterocycles. The van der Waals surface area contributed by atoms with Gasteiger partial charge < -0.3 is 15.7 Å². The van der Waals surface area contributed by atoms with E-state index >= 15 is 0 Å². The Kier molecular flexibility index (Phi) is 6.00. The first-order valence-corrected chi connectivity index (χ1v) is 6.14. The van der Waals surface area contributed by atoms with Crippen molar-refractivity contribution >= 4 is 23.4 Å². The zero-order valence-corrected chi connectivity index (χ0v) is 11.0. The second kappa shape index (κ2) is 7.29. The quantitative estimate of drug-likeness (QED) is 0.698. The van der Waals surface area contributed by atoms with Crippen LogP contribution in [0.15, 0.2) is 6.20 Å². The summed E-state index contributed by atoms with van der Waals surface area (Å²) in [5.74, 6) is 1.58. The summed E-state index contributed by atoms with van der Waals surface area (Å²) in [7, 11) is 1.76. The SMILES string of the molecule is CCC(CCO)CNc1nc(NC)ncc1Cl. The van der Waals surface area contributed by atoms with Gasteiger partial charge in [-0.25, -0.2) is 4.98 Å². The third-order valence-electron chi connectivity index (χ3n) is 2.64. The molecule has 6 heteroatoms. The number of rotatable bonds is 7. The smallest absolute Gasteiger partial charge is 0.224 e. The molecule has 0 spiro atoms. The van der Waals surface area contributed by atoms with E-state index in [2.05, 4.69) is 27.5 Å². The van der Waals surface area contributed by atoms with E-state index < -0.39 is 0 Å². The van der Waals surface area contributed by atoms with E-state index in [1.165, 1.54) is 0 Å². The largest absolute Gasteiger partial charge is 0.396 e. The average Bonchev–Trinajstić information content (AvgIpc) is 2.36. The maximum atomic E-state index is 8.91. The predicted molar refractivity (Wildman–Crippen MR) is 70.6 cm³/mol. The maximum Gasteiger partial charge on any atom is 0.224 e. The molecule has 0 aliphatic rings. The van der Waals surface area contributed by atoms with Crippen molar-refractivity contribution in [3.8, 4) is 0 Å². The average molecular weight is 259 g/mol. The summed E-state index contributed by atoms with van der Waals surface area (Å²) in [4.78, 5) is 8.24. The summed E-state index contributed by atoms with van der Waals surface area (Å²) in [5.41, 5.74) is 0. The van der Waals surface area contributed by atoms with E-state index in [0.29, 0.717) is 22.7 Å². The van der Waals surface area contributed by atoms with Crippen molar-refractivity contribution in [2.75, 3.05) is 30.8 Å². The highest BCUT2D eigenvalue weighted by atomic mass is 35.5. The summed E-state index contributed by atoms with van der Waals surface area (Å²) >= 11 is 5.99. The first kappa shape index (κ1) is 14.0. The molecular weight excluding hydrogens is 240 g/mol. The van der Waals surface area contributed by atoms with E-state index in [9.17, 15) is 0 Å². The normalized spacial score (nSPS) is 12.2. The molecule has 5 nitrogen and oxygen atoms in total. The lowest BCUT2D eigenvalue weighted by Gasteiger charge is -2.15. The van der Waals surface area contributed by atoms with Gasteiger partial charge in [0.15, 0.2) is 0 Å². The molecule has 1 heterocycles. The van der Waals surface area contributed by atoms with Crippen LogP contribution in [0.3, 0.4) is 0 Å². The molecule has 0 saturated heterocycles. The van der Waals surface area contributed by atoms with Crippen LogP contribution in [0.5, 0.6) is 0 Å². The van der Waals surface area contributed by atoms with Gasteiger partial charge in [-0.1, -0.05) is 24.9 Å². The Hall–Kier alpha value is -1.07. The number of halogens is 1. The Bertz CT molecular complexity index is 348. The van der Waals surface area contributed by atoms with E-state index in [-0.39, 0.29) is 6.61 Å². The summed E-state index contributed by atoms with van der Waals surface area (Å²) < 4.78 is 0. The first-order valence-electron chi connectivity index (χ1n) is 5.76. The second-order valence-corrected chi connectivity index (χ2v) is 4.21. The van der Waals surface area contributed by atoms with Gasteiger partial charge >= 0.3 is 0 Å². The first-order chi connectivity index (χ1) is 8.21. The van der Waals surface area contributed by atoms with Gasteiger partial charge in [0.05, 0.1) is 6.20 Å². The van der Waals surface area contributed by atoms with Crippen molar-refractivity contribution in [1.29, 1.82) is 0 Å². The lowest BCUT2D eigenvalue weighted by molar-refractivity contribution is 0.258. The zero-order chi connectivity index (χ0) is 12.7. The van der Waals surface area contributed by atoms with Gasteiger partial charge in [-0.2, -0.15) is 4.98 Å². The minimum Gasteiger partial charge on any atom is -0.396 e. The van der Waals surface area contributed by atoms with Crippen LogP contribution in [0.1, 0.15) is 19.8 Å². The van der Waals surface area contributed by atoms with E-state index in [1.54, 1.807) is 13.2 Å². The van der Waals surface area contributed by atoms with Crippen LogP contribution in [-0.2, 0) is 0 Å². The second-order valence-electron chi connectivity index (χ2n) is 3.81. The Morgan fingerprint density at radius 2 is 2.29 bits per heavy atom. The van der Waals surface area contributed by atoms with Crippen LogP contribution in [0.2, 0.25) is 5.02 Å². The van der Waals surface area contributed by atoms with Crippen molar-refractivity contribution in [2.24, 2.45) is 5.92 Å². The molecule has 96 valence electrons. The highest BCUT2D eigenvalue weighted by molar-refractivity contribution is 6.32. The molecule has 0 radical (unpaired) electrons. The molecule has 1 aromatic rings. The van der Waals surface area contributed by atoms with Crippen LogP contribution in [0, 0.1) is 5.92 Å². The highest BCUT2D eigenvalue weighted by Gasteiger charge is 2.08. The molecule has 0 saturated carbocycles. The van der Waals surface area contributed by atoms with Crippen molar-refractivity contribution in [3.05, 3.63) is 11.2 Å². The van der Waals surface area contributed by atoms with Crippen molar-refractivity contribution in [2.45, 2.75) is 19.8 Å². The molecule has 1 unspecified atom stereocenters. The standard InChI is InChI=1S/C11H19ClN4O/c1-3-8(4-5-17)6-14-10-9(12)7-15-11(13-2)16-10/h7-8,17H,3-6H2,1-2H3,(H2,13,14,15,16). The molecule has 0 amide bonds. The van der Waals surface area contributed by atoms with Gasteiger partial charge in [-0.05, 0) is 12.3 Å². The Balaban J connectivity index is 2.60. The molecule has 0 aromatic carbocycles. The number of aliphatic hydroxyl groups is 1. The molecule has 0 fully saturated rings. The lowest BCUT2D eigenvalue weighted by Crippen LogP contribution is -2.16. The predicted octanol–water partition coefficient (Wildman–Crippen LogP) is 1.99. The Morgan fingerprint density at radius 1 is 1.53 bits per heavy atom. The number of hydrogen-bond donors (Lipinski definition) is 3. The minimum atomic E-state index is 0.208. The fourth-order valence-electron chi connectivity index (χ4n) is 1.49. The number of nitrogens with zero attached hydrogens (tertiary/aromatic N) is 2. The van der Waals surface area contributed by atoms with Gasteiger partial charge in [0.1, 0.15) is 10.8 Å². The summed E-state index contributed by atoms with van der Waals surface area (Å²) in [6.07, 6.45) is 3.36. The monoisotopic (exact) mass is 258 g/mol.